The van der Waals surface area contributed by atoms with Gasteiger partial charge in [0, 0.05) is 43.9 Å². The molecule has 0 saturated carbocycles. The Kier molecular flexibility index (Phi) is 4.02. The highest BCUT2D eigenvalue weighted by Gasteiger charge is 2.57. The van der Waals surface area contributed by atoms with Crippen LogP contribution in [0.4, 0.5) is 11.4 Å². The van der Waals surface area contributed by atoms with Crippen LogP contribution < -0.4 is 15.1 Å². The molecule has 27 heavy (non-hydrogen) atoms. The summed E-state index contributed by atoms with van der Waals surface area (Å²) in [7, 11) is 4.08. The molecule has 1 unspecified atom stereocenters. The lowest BCUT2D eigenvalue weighted by Crippen LogP contribution is -2.68. The van der Waals surface area contributed by atoms with Crippen molar-refractivity contribution in [2.75, 3.05) is 30.4 Å². The second-order valence-corrected chi connectivity index (χ2v) is 8.18. The van der Waals surface area contributed by atoms with Gasteiger partial charge in [-0.2, -0.15) is 0 Å². The summed E-state index contributed by atoms with van der Waals surface area (Å²) in [6.07, 6.45) is 4.83. The van der Waals surface area contributed by atoms with E-state index in [1.54, 1.807) is 0 Å². The van der Waals surface area contributed by atoms with E-state index in [2.05, 4.69) is 89.6 Å². The number of amides is 1. The van der Waals surface area contributed by atoms with Crippen LogP contribution in [0.3, 0.4) is 0 Å². The second kappa shape index (κ2) is 6.15. The monoisotopic (exact) mass is 361 g/mol. The molecular formula is C23H27N3O. The van der Waals surface area contributed by atoms with Gasteiger partial charge in [-0.3, -0.25) is 4.79 Å². The van der Waals surface area contributed by atoms with Crippen molar-refractivity contribution in [1.29, 1.82) is 0 Å². The molecule has 1 saturated heterocycles. The molecule has 1 fully saturated rings. The molecule has 4 heteroatoms. The van der Waals surface area contributed by atoms with Crippen LogP contribution >= 0.6 is 0 Å². The smallest absolute Gasteiger partial charge is 0.223 e. The number of hydrogen-bond acceptors (Lipinski definition) is 3. The number of benzene rings is 2. The van der Waals surface area contributed by atoms with Gasteiger partial charge < -0.3 is 15.1 Å². The molecule has 0 aliphatic carbocycles. The van der Waals surface area contributed by atoms with E-state index in [1.807, 2.05) is 14.1 Å². The zero-order valence-electron chi connectivity index (χ0n) is 16.5. The number of nitrogens with one attached hydrogen (secondary N) is 1. The van der Waals surface area contributed by atoms with Gasteiger partial charge in [0.05, 0.1) is 0 Å². The average molecular weight is 361 g/mol. The predicted molar refractivity (Wildman–Crippen MR) is 112 cm³/mol. The van der Waals surface area contributed by atoms with Crippen LogP contribution in [0.5, 0.6) is 0 Å². The maximum atomic E-state index is 12.4. The van der Waals surface area contributed by atoms with Gasteiger partial charge in [0.25, 0.3) is 0 Å². The van der Waals surface area contributed by atoms with Crippen molar-refractivity contribution in [2.24, 2.45) is 0 Å². The number of hydrogen-bond donors (Lipinski definition) is 1. The van der Waals surface area contributed by atoms with E-state index in [1.165, 1.54) is 16.9 Å². The van der Waals surface area contributed by atoms with Gasteiger partial charge in [-0.1, -0.05) is 50.3 Å². The van der Waals surface area contributed by atoms with E-state index in [4.69, 9.17) is 0 Å². The summed E-state index contributed by atoms with van der Waals surface area (Å²) in [6.45, 7) is 5.17. The highest BCUT2D eigenvalue weighted by molar-refractivity contribution is 5.84. The topological polar surface area (TPSA) is 35.6 Å². The minimum absolute atomic E-state index is 0.111. The molecule has 1 amide bonds. The zero-order chi connectivity index (χ0) is 19.2. The molecule has 2 aliphatic rings. The third-order valence-corrected chi connectivity index (χ3v) is 6.07. The number of rotatable bonds is 3. The number of carbonyl (C=O) groups is 1. The maximum Gasteiger partial charge on any atom is 0.223 e. The second-order valence-electron chi connectivity index (χ2n) is 8.18. The summed E-state index contributed by atoms with van der Waals surface area (Å²) in [5.74, 6) is 0.111. The Labute approximate surface area is 161 Å². The van der Waals surface area contributed by atoms with Crippen molar-refractivity contribution in [3.05, 3.63) is 65.7 Å². The Bertz CT molecular complexity index is 898. The van der Waals surface area contributed by atoms with Gasteiger partial charge >= 0.3 is 0 Å². The fourth-order valence-corrected chi connectivity index (χ4v) is 4.42. The van der Waals surface area contributed by atoms with Crippen LogP contribution in [0, 0.1) is 0 Å². The summed E-state index contributed by atoms with van der Waals surface area (Å²) in [5, 5.41) is 3.32. The average Bonchev–Trinajstić information content (AvgIpc) is 2.85. The Morgan fingerprint density at radius 1 is 1.07 bits per heavy atom. The van der Waals surface area contributed by atoms with E-state index in [-0.39, 0.29) is 11.3 Å². The molecule has 1 atom stereocenters. The quantitative estimate of drug-likeness (QED) is 0.904. The maximum absolute atomic E-state index is 12.4. The molecule has 0 aromatic heterocycles. The lowest BCUT2D eigenvalue weighted by Gasteiger charge is -2.49. The molecule has 0 spiro atoms. The molecule has 2 heterocycles. The molecule has 0 bridgehead atoms. The molecule has 4 nitrogen and oxygen atoms in total. The zero-order valence-corrected chi connectivity index (χ0v) is 16.5. The van der Waals surface area contributed by atoms with Gasteiger partial charge in [0.1, 0.15) is 5.66 Å². The summed E-state index contributed by atoms with van der Waals surface area (Å²) in [5.41, 5.74) is 4.01. The molecule has 2 aliphatic heterocycles. The molecule has 1 N–H and O–H groups in total. The van der Waals surface area contributed by atoms with Crippen LogP contribution in [0.15, 0.2) is 54.6 Å². The minimum atomic E-state index is -0.549. The molecular weight excluding hydrogens is 334 g/mol. The van der Waals surface area contributed by atoms with Crippen LogP contribution in [-0.4, -0.2) is 32.2 Å². The van der Waals surface area contributed by atoms with Crippen molar-refractivity contribution in [3.63, 3.8) is 0 Å². The minimum Gasteiger partial charge on any atom is -0.378 e. The first-order valence-corrected chi connectivity index (χ1v) is 9.50. The van der Waals surface area contributed by atoms with E-state index < -0.39 is 5.66 Å². The summed E-state index contributed by atoms with van der Waals surface area (Å²) < 4.78 is 0. The Hall–Kier alpha value is -2.75. The van der Waals surface area contributed by atoms with Crippen LogP contribution in [0.2, 0.25) is 0 Å². The lowest BCUT2D eigenvalue weighted by molar-refractivity contribution is -0.124. The van der Waals surface area contributed by atoms with Crippen molar-refractivity contribution in [3.8, 4) is 0 Å². The largest absolute Gasteiger partial charge is 0.378 e. The number of anilines is 2. The van der Waals surface area contributed by atoms with E-state index in [0.29, 0.717) is 6.42 Å². The van der Waals surface area contributed by atoms with Crippen LogP contribution in [0.1, 0.15) is 31.4 Å². The number of nitrogens with zero attached hydrogens (tertiary/aromatic N) is 2. The van der Waals surface area contributed by atoms with Crippen molar-refractivity contribution in [1.82, 2.24) is 5.32 Å². The standard InChI is InChI=1S/C23H27N3O/c1-22(2)19-7-5-6-8-20(19)26-16-14-21(27)24-23(22,26)15-13-17-9-11-18(12-10-17)25(3)4/h5-13,15H,14,16H2,1-4H3,(H,24,27). The number of para-hydroxylation sites is 1. The van der Waals surface area contributed by atoms with Crippen molar-refractivity contribution >= 4 is 23.4 Å². The highest BCUT2D eigenvalue weighted by Crippen LogP contribution is 2.52. The van der Waals surface area contributed by atoms with E-state index >= 15 is 0 Å². The SMILES string of the molecule is CN(C)c1ccc(C=CC23NC(=O)CCN2c2ccccc2C3(C)C)cc1. The molecule has 2 aromatic carbocycles. The van der Waals surface area contributed by atoms with Gasteiger partial charge in [0.15, 0.2) is 0 Å². The number of carbonyl (C=O) groups excluding carboxylic acids is 1. The summed E-state index contributed by atoms with van der Waals surface area (Å²) in [6, 6.07) is 17.0. The Balaban J connectivity index is 1.77. The fraction of sp³-hybridized carbons (Fsp3) is 0.348. The normalized spacial score (nSPS) is 23.1. The van der Waals surface area contributed by atoms with Crippen LogP contribution in [-0.2, 0) is 10.2 Å². The Morgan fingerprint density at radius 2 is 1.78 bits per heavy atom. The molecule has 4 rings (SSSR count). The van der Waals surface area contributed by atoms with Gasteiger partial charge in [-0.15, -0.1) is 0 Å². The van der Waals surface area contributed by atoms with Gasteiger partial charge in [-0.05, 0) is 35.4 Å². The first-order chi connectivity index (χ1) is 12.8. The molecule has 140 valence electrons. The molecule has 2 aromatic rings. The van der Waals surface area contributed by atoms with Gasteiger partial charge in [0.2, 0.25) is 5.91 Å². The number of fused-ring (bicyclic) bond motifs is 3. The van der Waals surface area contributed by atoms with E-state index in [0.717, 1.165) is 12.1 Å². The van der Waals surface area contributed by atoms with Crippen molar-refractivity contribution < 1.29 is 4.79 Å². The summed E-state index contributed by atoms with van der Waals surface area (Å²) in [4.78, 5) is 16.8. The molecule has 0 radical (unpaired) electrons. The van der Waals surface area contributed by atoms with Crippen molar-refractivity contribution in [2.45, 2.75) is 31.3 Å². The fourth-order valence-electron chi connectivity index (χ4n) is 4.42. The lowest BCUT2D eigenvalue weighted by atomic mass is 9.74. The van der Waals surface area contributed by atoms with Crippen LogP contribution in [0.25, 0.3) is 6.08 Å². The third kappa shape index (κ3) is 2.62. The Morgan fingerprint density at radius 3 is 2.48 bits per heavy atom. The van der Waals surface area contributed by atoms with E-state index in [9.17, 15) is 4.79 Å². The first-order valence-electron chi connectivity index (χ1n) is 9.50. The van der Waals surface area contributed by atoms with Gasteiger partial charge in [-0.25, -0.2) is 0 Å². The first kappa shape index (κ1) is 17.7. The highest BCUT2D eigenvalue weighted by atomic mass is 16.2. The predicted octanol–water partition coefficient (Wildman–Crippen LogP) is 3.78. The third-order valence-electron chi connectivity index (χ3n) is 6.07. The summed E-state index contributed by atoms with van der Waals surface area (Å²) >= 11 is 0.